The lowest BCUT2D eigenvalue weighted by atomic mass is 10.1. The summed E-state index contributed by atoms with van der Waals surface area (Å²) in [5.74, 6) is 0.573. The van der Waals surface area contributed by atoms with Crippen LogP contribution in [0.4, 0.5) is 11.6 Å². The molecule has 1 aliphatic rings. The topological polar surface area (TPSA) is 93.8 Å². The van der Waals surface area contributed by atoms with E-state index in [4.69, 9.17) is 4.98 Å². The van der Waals surface area contributed by atoms with E-state index in [0.29, 0.717) is 29.1 Å². The van der Waals surface area contributed by atoms with Crippen LogP contribution in [0.5, 0.6) is 0 Å². The second-order valence-electron chi connectivity index (χ2n) is 8.31. The van der Waals surface area contributed by atoms with Crippen molar-refractivity contribution in [1.29, 1.82) is 5.26 Å². The third-order valence-electron chi connectivity index (χ3n) is 5.22. The van der Waals surface area contributed by atoms with Gasteiger partial charge in [-0.25, -0.2) is 4.68 Å². The highest BCUT2D eigenvalue weighted by Crippen LogP contribution is 2.23. The van der Waals surface area contributed by atoms with E-state index >= 15 is 0 Å². The monoisotopic (exact) mass is 391 g/mol. The Labute approximate surface area is 169 Å². The number of anilines is 2. The molecule has 1 aromatic carbocycles. The highest BCUT2D eigenvalue weighted by molar-refractivity contribution is 5.74. The molecule has 0 bridgehead atoms. The predicted molar refractivity (Wildman–Crippen MR) is 113 cm³/mol. The molecule has 3 heterocycles. The van der Waals surface area contributed by atoms with Crippen LogP contribution in [-0.2, 0) is 5.54 Å². The van der Waals surface area contributed by atoms with Gasteiger partial charge < -0.3 is 9.80 Å². The summed E-state index contributed by atoms with van der Waals surface area (Å²) in [4.78, 5) is 24.6. The highest BCUT2D eigenvalue weighted by Gasteiger charge is 2.23. The number of nitrogens with one attached hydrogen (secondary N) is 1. The Hall–Kier alpha value is -3.34. The van der Waals surface area contributed by atoms with Crippen LogP contribution in [0.1, 0.15) is 32.8 Å². The average molecular weight is 391 g/mol. The number of rotatable bonds is 2. The normalized spacial score (nSPS) is 15.4. The third-order valence-corrected chi connectivity index (χ3v) is 5.22. The molecule has 0 aliphatic carbocycles. The van der Waals surface area contributed by atoms with Crippen LogP contribution in [0, 0.1) is 11.3 Å². The minimum absolute atomic E-state index is 0.170. The van der Waals surface area contributed by atoms with E-state index in [0.717, 1.165) is 31.7 Å². The molecule has 2 aromatic heterocycles. The molecule has 0 unspecified atom stereocenters. The van der Waals surface area contributed by atoms with Gasteiger partial charge in [-0.05, 0) is 39.3 Å². The van der Waals surface area contributed by atoms with Crippen LogP contribution < -0.4 is 15.4 Å². The van der Waals surface area contributed by atoms with Gasteiger partial charge in [-0.15, -0.1) is 0 Å². The van der Waals surface area contributed by atoms with Gasteiger partial charge in [0.15, 0.2) is 5.65 Å². The molecule has 4 rings (SSSR count). The Kier molecular flexibility index (Phi) is 4.74. The van der Waals surface area contributed by atoms with E-state index in [1.54, 1.807) is 10.9 Å². The van der Waals surface area contributed by atoms with Crippen LogP contribution in [0.2, 0.25) is 0 Å². The molecule has 1 fully saturated rings. The predicted octanol–water partition coefficient (Wildman–Crippen LogP) is 2.46. The van der Waals surface area contributed by atoms with Gasteiger partial charge in [-0.3, -0.25) is 9.78 Å². The van der Waals surface area contributed by atoms with Crippen molar-refractivity contribution in [2.24, 2.45) is 0 Å². The first kappa shape index (κ1) is 19.0. The fraction of sp³-hybridized carbons (Fsp3) is 0.429. The number of nitriles is 1. The molecule has 1 saturated heterocycles. The zero-order valence-corrected chi connectivity index (χ0v) is 17.0. The molecule has 0 radical (unpaired) electrons. The second kappa shape index (κ2) is 7.24. The molecule has 3 aromatic rings. The van der Waals surface area contributed by atoms with Gasteiger partial charge >= 0.3 is 0 Å². The summed E-state index contributed by atoms with van der Waals surface area (Å²) in [6, 6.07) is 9.95. The maximum atomic E-state index is 12.6. The summed E-state index contributed by atoms with van der Waals surface area (Å²) in [5, 5.41) is 14.3. The highest BCUT2D eigenvalue weighted by atomic mass is 16.1. The molecular formula is C21H25N7O. The lowest BCUT2D eigenvalue weighted by molar-refractivity contribution is 0.366. The number of hydrogen-bond acceptors (Lipinski definition) is 6. The van der Waals surface area contributed by atoms with Gasteiger partial charge in [0.1, 0.15) is 11.5 Å². The van der Waals surface area contributed by atoms with Crippen LogP contribution in [0.15, 0.2) is 35.3 Å². The minimum Gasteiger partial charge on any atom is -0.369 e. The number of aromatic nitrogens is 4. The molecule has 0 atom stereocenters. The summed E-state index contributed by atoms with van der Waals surface area (Å²) < 4.78 is 1.80. The zero-order valence-electron chi connectivity index (χ0n) is 17.0. The van der Waals surface area contributed by atoms with Crippen LogP contribution in [0.3, 0.4) is 0 Å². The van der Waals surface area contributed by atoms with Crippen molar-refractivity contribution < 1.29 is 0 Å². The summed E-state index contributed by atoms with van der Waals surface area (Å²) in [5.41, 5.74) is 1.81. The number of hydrogen-bond donors (Lipinski definition) is 1. The number of fused-ring (bicyclic) bond motifs is 1. The van der Waals surface area contributed by atoms with Crippen LogP contribution in [0.25, 0.3) is 11.0 Å². The molecule has 1 N–H and O–H groups in total. The Morgan fingerprint density at radius 2 is 1.83 bits per heavy atom. The maximum absolute atomic E-state index is 12.6. The molecule has 150 valence electrons. The standard InChI is InChI=1S/C21H25N7O/c1-21(2,3)28-18-16(14-23-28)19(29)25-20(24-18)27-10-6-9-26(11-12-27)17-8-5-4-7-15(17)13-22/h4-5,7-8,14H,6,9-12H2,1-3H3,(H,24,25,29). The van der Waals surface area contributed by atoms with Gasteiger partial charge in [0, 0.05) is 26.2 Å². The van der Waals surface area contributed by atoms with E-state index in [9.17, 15) is 10.1 Å². The molecular weight excluding hydrogens is 366 g/mol. The lowest BCUT2D eigenvalue weighted by Crippen LogP contribution is -2.33. The number of H-pyrrole nitrogens is 1. The van der Waals surface area contributed by atoms with Gasteiger partial charge in [0.05, 0.1) is 23.0 Å². The molecule has 1 aliphatic heterocycles. The van der Waals surface area contributed by atoms with Gasteiger partial charge in [-0.1, -0.05) is 12.1 Å². The molecule has 8 heteroatoms. The van der Waals surface area contributed by atoms with Crippen molar-refractivity contribution >= 4 is 22.7 Å². The largest absolute Gasteiger partial charge is 0.369 e. The fourth-order valence-electron chi connectivity index (χ4n) is 3.76. The van der Waals surface area contributed by atoms with Crippen molar-refractivity contribution in [2.75, 3.05) is 36.0 Å². The Balaban J connectivity index is 1.64. The van der Waals surface area contributed by atoms with E-state index in [1.807, 2.05) is 45.0 Å². The molecule has 8 nitrogen and oxygen atoms in total. The number of para-hydroxylation sites is 1. The maximum Gasteiger partial charge on any atom is 0.263 e. The molecule has 0 amide bonds. The van der Waals surface area contributed by atoms with E-state index in [2.05, 4.69) is 26.0 Å². The van der Waals surface area contributed by atoms with Crippen molar-refractivity contribution in [3.63, 3.8) is 0 Å². The van der Waals surface area contributed by atoms with Gasteiger partial charge in [-0.2, -0.15) is 15.3 Å². The van der Waals surface area contributed by atoms with E-state index in [1.165, 1.54) is 0 Å². The molecule has 0 spiro atoms. The Morgan fingerprint density at radius 3 is 2.59 bits per heavy atom. The first-order chi connectivity index (χ1) is 13.9. The van der Waals surface area contributed by atoms with Crippen LogP contribution >= 0.6 is 0 Å². The van der Waals surface area contributed by atoms with Crippen molar-refractivity contribution in [3.8, 4) is 6.07 Å². The smallest absolute Gasteiger partial charge is 0.263 e. The average Bonchev–Trinajstić information content (AvgIpc) is 2.99. The van der Waals surface area contributed by atoms with Crippen molar-refractivity contribution in [3.05, 3.63) is 46.4 Å². The summed E-state index contributed by atoms with van der Waals surface area (Å²) >= 11 is 0. The second-order valence-corrected chi connectivity index (χ2v) is 8.31. The third kappa shape index (κ3) is 3.56. The van der Waals surface area contributed by atoms with Gasteiger partial charge in [0.2, 0.25) is 5.95 Å². The molecule has 29 heavy (non-hydrogen) atoms. The number of nitrogens with zero attached hydrogens (tertiary/aromatic N) is 6. The Morgan fingerprint density at radius 1 is 1.10 bits per heavy atom. The van der Waals surface area contributed by atoms with E-state index < -0.39 is 0 Å². The van der Waals surface area contributed by atoms with Gasteiger partial charge in [0.25, 0.3) is 5.56 Å². The molecule has 0 saturated carbocycles. The first-order valence-corrected chi connectivity index (χ1v) is 9.86. The van der Waals surface area contributed by atoms with E-state index in [-0.39, 0.29) is 11.1 Å². The first-order valence-electron chi connectivity index (χ1n) is 9.86. The van der Waals surface area contributed by atoms with Crippen LogP contribution in [-0.4, -0.2) is 45.9 Å². The minimum atomic E-state index is -0.267. The fourth-order valence-corrected chi connectivity index (χ4v) is 3.76. The summed E-state index contributed by atoms with van der Waals surface area (Å²) in [6.07, 6.45) is 2.49. The van der Waals surface area contributed by atoms with Crippen molar-refractivity contribution in [2.45, 2.75) is 32.7 Å². The number of aromatic amines is 1. The summed E-state index contributed by atoms with van der Waals surface area (Å²) in [7, 11) is 0. The zero-order chi connectivity index (χ0) is 20.6. The lowest BCUT2D eigenvalue weighted by Gasteiger charge is -2.25. The summed E-state index contributed by atoms with van der Waals surface area (Å²) in [6.45, 7) is 9.21. The number of benzene rings is 1. The quantitative estimate of drug-likeness (QED) is 0.721. The Bertz CT molecular complexity index is 1130. The SMILES string of the molecule is CC(C)(C)n1ncc2c(=O)[nH]c(N3CCCN(c4ccccc4C#N)CC3)nc21. The van der Waals surface area contributed by atoms with Crippen molar-refractivity contribution in [1.82, 2.24) is 19.7 Å².